The minimum absolute atomic E-state index is 0.398. The first-order chi connectivity index (χ1) is 13.1. The van der Waals surface area contributed by atoms with Gasteiger partial charge in [-0.1, -0.05) is 24.3 Å². The number of allylic oxidation sites excluding steroid dienone is 1. The van der Waals surface area contributed by atoms with Gasteiger partial charge < -0.3 is 10.6 Å². The molecule has 0 unspecified atom stereocenters. The molecule has 27 heavy (non-hydrogen) atoms. The van der Waals surface area contributed by atoms with Gasteiger partial charge >= 0.3 is 0 Å². The Kier molecular flexibility index (Phi) is 5.45. The first-order valence-corrected chi connectivity index (χ1v) is 10.4. The number of hydrogen-bond donors (Lipinski definition) is 2. The van der Waals surface area contributed by atoms with Crippen LogP contribution in [0.2, 0.25) is 0 Å². The predicted molar refractivity (Wildman–Crippen MR) is 111 cm³/mol. The Morgan fingerprint density at radius 2 is 1.85 bits per heavy atom. The van der Waals surface area contributed by atoms with Crippen molar-refractivity contribution < 1.29 is 8.78 Å². The molecule has 2 bridgehead atoms. The van der Waals surface area contributed by atoms with Crippen molar-refractivity contribution in [2.75, 3.05) is 5.32 Å². The van der Waals surface area contributed by atoms with E-state index >= 15 is 0 Å². The van der Waals surface area contributed by atoms with Gasteiger partial charge in [-0.3, -0.25) is 0 Å². The molecule has 2 aliphatic rings. The number of fused-ring (bicyclic) bond motifs is 2. The van der Waals surface area contributed by atoms with Gasteiger partial charge in [0.05, 0.1) is 5.69 Å². The van der Waals surface area contributed by atoms with E-state index in [0.29, 0.717) is 34.3 Å². The highest BCUT2D eigenvalue weighted by molar-refractivity contribution is 7.98. The Morgan fingerprint density at radius 3 is 2.56 bits per heavy atom. The molecular formula is C21H20F2N2S2. The molecule has 2 N–H and O–H groups in total. The molecule has 0 heterocycles. The monoisotopic (exact) mass is 402 g/mol. The van der Waals surface area contributed by atoms with Gasteiger partial charge in [-0.2, -0.15) is 0 Å². The molecule has 6 heteroatoms. The van der Waals surface area contributed by atoms with E-state index in [0.717, 1.165) is 23.1 Å². The summed E-state index contributed by atoms with van der Waals surface area (Å²) >= 11 is 7.03. The fraction of sp³-hybridized carbons (Fsp3) is 0.286. The molecule has 1 saturated carbocycles. The highest BCUT2D eigenvalue weighted by Gasteiger charge is 2.35. The molecule has 0 aliphatic heterocycles. The Hall–Kier alpha value is -1.92. The van der Waals surface area contributed by atoms with Crippen LogP contribution in [0.1, 0.15) is 18.4 Å². The molecule has 140 valence electrons. The zero-order valence-electron chi connectivity index (χ0n) is 14.6. The molecule has 3 atom stereocenters. The summed E-state index contributed by atoms with van der Waals surface area (Å²) in [4.78, 5) is 0.985. The molecule has 0 saturated heterocycles. The number of rotatable bonds is 5. The Morgan fingerprint density at radius 1 is 1.07 bits per heavy atom. The highest BCUT2D eigenvalue weighted by Crippen LogP contribution is 2.39. The number of anilines is 1. The van der Waals surface area contributed by atoms with E-state index in [-0.39, 0.29) is 0 Å². The normalized spacial score (nSPS) is 22.8. The Balaban J connectivity index is 1.38. The molecule has 2 aromatic rings. The van der Waals surface area contributed by atoms with Crippen molar-refractivity contribution in [3.63, 3.8) is 0 Å². The smallest absolute Gasteiger partial charge is 0.171 e. The lowest BCUT2D eigenvalue weighted by atomic mass is 10.0. The van der Waals surface area contributed by atoms with Crippen LogP contribution in [0.5, 0.6) is 0 Å². The van der Waals surface area contributed by atoms with Crippen molar-refractivity contribution in [3.05, 3.63) is 71.8 Å². The summed E-state index contributed by atoms with van der Waals surface area (Å²) < 4.78 is 26.7. The lowest BCUT2D eigenvalue weighted by molar-refractivity contribution is 0.526. The maximum absolute atomic E-state index is 13.4. The van der Waals surface area contributed by atoms with Gasteiger partial charge in [0.1, 0.15) is 11.6 Å². The van der Waals surface area contributed by atoms with Crippen molar-refractivity contribution in [1.82, 2.24) is 5.32 Å². The van der Waals surface area contributed by atoms with Crippen LogP contribution < -0.4 is 10.6 Å². The third-order valence-electron chi connectivity index (χ3n) is 5.05. The maximum Gasteiger partial charge on any atom is 0.171 e. The number of thioether (sulfide) groups is 1. The molecule has 2 nitrogen and oxygen atoms in total. The van der Waals surface area contributed by atoms with Crippen LogP contribution in [-0.4, -0.2) is 11.2 Å². The van der Waals surface area contributed by atoms with Crippen LogP contribution in [0.15, 0.2) is 59.5 Å². The molecule has 0 radical (unpaired) electrons. The molecule has 4 rings (SSSR count). The summed E-state index contributed by atoms with van der Waals surface area (Å²) in [5.74, 6) is 0.627. The van der Waals surface area contributed by atoms with Crippen molar-refractivity contribution in [2.24, 2.45) is 11.8 Å². The molecule has 0 aromatic heterocycles. The van der Waals surface area contributed by atoms with E-state index in [2.05, 4.69) is 22.8 Å². The van der Waals surface area contributed by atoms with Gasteiger partial charge in [-0.05, 0) is 66.7 Å². The third-order valence-corrected chi connectivity index (χ3v) is 6.41. The number of hydrogen-bond acceptors (Lipinski definition) is 2. The fourth-order valence-electron chi connectivity index (χ4n) is 3.82. The van der Waals surface area contributed by atoms with Crippen LogP contribution in [0.25, 0.3) is 0 Å². The van der Waals surface area contributed by atoms with Gasteiger partial charge in [0.15, 0.2) is 5.11 Å². The van der Waals surface area contributed by atoms with Crippen LogP contribution in [0.3, 0.4) is 0 Å². The minimum Gasteiger partial charge on any atom is -0.359 e. The van der Waals surface area contributed by atoms with Crippen LogP contribution >= 0.6 is 24.0 Å². The number of thiocarbonyl (C=S) groups is 1. The number of benzene rings is 2. The highest BCUT2D eigenvalue weighted by atomic mass is 32.2. The Labute approximate surface area is 167 Å². The van der Waals surface area contributed by atoms with Gasteiger partial charge in [0.2, 0.25) is 0 Å². The quantitative estimate of drug-likeness (QED) is 0.391. The largest absolute Gasteiger partial charge is 0.359 e. The van der Waals surface area contributed by atoms with Crippen molar-refractivity contribution in [3.8, 4) is 0 Å². The molecule has 1 fully saturated rings. The minimum atomic E-state index is -0.553. The molecular weight excluding hydrogens is 382 g/mol. The van der Waals surface area contributed by atoms with E-state index in [4.69, 9.17) is 12.2 Å². The second kappa shape index (κ2) is 7.98. The van der Waals surface area contributed by atoms with E-state index in [1.54, 1.807) is 0 Å². The average molecular weight is 403 g/mol. The summed E-state index contributed by atoms with van der Waals surface area (Å²) in [5.41, 5.74) is 1.51. The van der Waals surface area contributed by atoms with E-state index in [1.807, 2.05) is 24.3 Å². The molecule has 2 aliphatic carbocycles. The van der Waals surface area contributed by atoms with Crippen molar-refractivity contribution >= 4 is 34.8 Å². The van der Waals surface area contributed by atoms with E-state index < -0.39 is 11.6 Å². The van der Waals surface area contributed by atoms with Crippen LogP contribution in [0, 0.1) is 23.5 Å². The third kappa shape index (κ3) is 4.50. The lowest BCUT2D eigenvalue weighted by Crippen LogP contribution is -2.40. The van der Waals surface area contributed by atoms with Gasteiger partial charge in [0, 0.05) is 22.8 Å². The topological polar surface area (TPSA) is 24.1 Å². The van der Waals surface area contributed by atoms with Crippen molar-refractivity contribution in [2.45, 2.75) is 29.5 Å². The second-order valence-corrected chi connectivity index (χ2v) is 8.47. The summed E-state index contributed by atoms with van der Waals surface area (Å²) in [6.45, 7) is 0. The zero-order chi connectivity index (χ0) is 18.8. The maximum atomic E-state index is 13.4. The Bertz CT molecular complexity index is 864. The summed E-state index contributed by atoms with van der Waals surface area (Å²) in [6.07, 6.45) is 6.94. The lowest BCUT2D eigenvalue weighted by Gasteiger charge is -2.22. The zero-order valence-corrected chi connectivity index (χ0v) is 16.3. The summed E-state index contributed by atoms with van der Waals surface area (Å²) in [7, 11) is 0. The number of para-hydroxylation sites is 1. The fourth-order valence-corrected chi connectivity index (χ4v) is 5.02. The molecule has 0 amide bonds. The summed E-state index contributed by atoms with van der Waals surface area (Å²) in [5, 5.41) is 7.34. The standard InChI is InChI=1S/C21H20F2N2S2/c22-16-8-14(9-17(23)11-16)12-27-20-4-2-1-3-18(20)24-21(26)25-19-10-13-5-6-15(19)7-13/h1-6,8-9,11,13,15,19H,7,10,12H2,(H2,24,25,26)/t13-,15-,19-/m1/s1. The van der Waals surface area contributed by atoms with Gasteiger partial charge in [-0.25, -0.2) is 8.78 Å². The molecule has 2 aromatic carbocycles. The second-order valence-electron chi connectivity index (χ2n) is 7.05. The first kappa shape index (κ1) is 18.4. The van der Waals surface area contributed by atoms with Crippen molar-refractivity contribution in [1.29, 1.82) is 0 Å². The SMILES string of the molecule is Fc1cc(F)cc(CSc2ccccc2NC(=S)N[C@@H]2C[C@@H]3C=C[C@@H]2C3)c1. The first-order valence-electron chi connectivity index (χ1n) is 8.99. The van der Waals surface area contributed by atoms with E-state index in [1.165, 1.54) is 30.3 Å². The average Bonchev–Trinajstić information content (AvgIpc) is 3.23. The molecule has 0 spiro atoms. The summed E-state index contributed by atoms with van der Waals surface area (Å²) in [6, 6.07) is 11.8. The van der Waals surface area contributed by atoms with Crippen LogP contribution in [-0.2, 0) is 5.75 Å². The van der Waals surface area contributed by atoms with Crippen LogP contribution in [0.4, 0.5) is 14.5 Å². The van der Waals surface area contributed by atoms with Gasteiger partial charge in [-0.15, -0.1) is 11.8 Å². The predicted octanol–water partition coefficient (Wildman–Crippen LogP) is 5.51. The number of halogens is 2. The van der Waals surface area contributed by atoms with Gasteiger partial charge in [0.25, 0.3) is 0 Å². The number of nitrogens with one attached hydrogen (secondary N) is 2. The van der Waals surface area contributed by atoms with E-state index in [9.17, 15) is 8.78 Å².